The zero-order valence-electron chi connectivity index (χ0n) is 15.0. The van der Waals surface area contributed by atoms with Crippen molar-refractivity contribution in [1.82, 2.24) is 15.2 Å². The third kappa shape index (κ3) is 5.74. The molecule has 1 aromatic heterocycles. The van der Waals surface area contributed by atoms with Crippen LogP contribution in [0, 0.1) is 13.8 Å². The van der Waals surface area contributed by atoms with E-state index in [4.69, 9.17) is 16.3 Å². The van der Waals surface area contributed by atoms with Crippen molar-refractivity contribution in [3.63, 3.8) is 0 Å². The van der Waals surface area contributed by atoms with Gasteiger partial charge >= 0.3 is 0 Å². The van der Waals surface area contributed by atoms with E-state index in [0.717, 1.165) is 17.0 Å². The Kier molecular flexibility index (Phi) is 6.36. The summed E-state index contributed by atoms with van der Waals surface area (Å²) in [4.78, 5) is 16.4. The van der Waals surface area contributed by atoms with Crippen LogP contribution >= 0.6 is 23.4 Å². The summed E-state index contributed by atoms with van der Waals surface area (Å²) >= 11 is 7.18. The Labute approximate surface area is 166 Å². The normalized spacial score (nSPS) is 10.6. The zero-order valence-corrected chi connectivity index (χ0v) is 16.5. The number of amides is 1. The number of ether oxygens (including phenoxy) is 1. The summed E-state index contributed by atoms with van der Waals surface area (Å²) in [6.07, 6.45) is 0. The third-order valence-electron chi connectivity index (χ3n) is 3.70. The number of anilines is 1. The minimum absolute atomic E-state index is 0.132. The number of carbonyl (C=O) groups is 1. The van der Waals surface area contributed by atoms with E-state index in [9.17, 15) is 4.79 Å². The molecule has 0 radical (unpaired) electrons. The van der Waals surface area contributed by atoms with Crippen LogP contribution in [0.25, 0.3) is 0 Å². The van der Waals surface area contributed by atoms with Crippen LogP contribution in [0.1, 0.15) is 17.0 Å². The Morgan fingerprint density at radius 1 is 1.22 bits per heavy atom. The molecule has 2 N–H and O–H groups in total. The van der Waals surface area contributed by atoms with Crippen LogP contribution in [0.4, 0.5) is 5.69 Å². The number of hydrogen-bond donors (Lipinski definition) is 2. The fraction of sp³-hybridized carbons (Fsp3) is 0.211. The molecular weight excluding hydrogens is 384 g/mol. The smallest absolute Gasteiger partial charge is 0.234 e. The highest BCUT2D eigenvalue weighted by Gasteiger charge is 2.10. The molecule has 0 unspecified atom stereocenters. The minimum Gasteiger partial charge on any atom is -0.486 e. The molecule has 0 aliphatic carbocycles. The number of halogens is 1. The van der Waals surface area contributed by atoms with E-state index in [1.807, 2.05) is 38.1 Å². The molecule has 3 aromatic rings. The van der Waals surface area contributed by atoms with Crippen LogP contribution < -0.4 is 10.1 Å². The van der Waals surface area contributed by atoms with Crippen LogP contribution in [-0.2, 0) is 11.4 Å². The summed E-state index contributed by atoms with van der Waals surface area (Å²) in [5, 5.41) is 10.9. The van der Waals surface area contributed by atoms with Gasteiger partial charge < -0.3 is 10.1 Å². The van der Waals surface area contributed by atoms with Gasteiger partial charge in [0.25, 0.3) is 0 Å². The van der Waals surface area contributed by atoms with Crippen LogP contribution in [0.3, 0.4) is 0 Å². The molecule has 0 atom stereocenters. The maximum Gasteiger partial charge on any atom is 0.234 e. The lowest BCUT2D eigenvalue weighted by molar-refractivity contribution is -0.113. The lowest BCUT2D eigenvalue weighted by Crippen LogP contribution is -2.14. The first kappa shape index (κ1) is 19.3. The quantitative estimate of drug-likeness (QED) is 0.573. The molecule has 0 aliphatic rings. The molecule has 140 valence electrons. The zero-order chi connectivity index (χ0) is 19.2. The van der Waals surface area contributed by atoms with Crippen LogP contribution in [-0.4, -0.2) is 26.8 Å². The lowest BCUT2D eigenvalue weighted by atomic mass is 10.2. The first-order valence-electron chi connectivity index (χ1n) is 8.29. The molecule has 0 aliphatic heterocycles. The third-order valence-corrected chi connectivity index (χ3v) is 4.79. The van der Waals surface area contributed by atoms with Gasteiger partial charge in [0.1, 0.15) is 12.4 Å². The molecule has 8 heteroatoms. The van der Waals surface area contributed by atoms with Crippen molar-refractivity contribution < 1.29 is 9.53 Å². The number of rotatable bonds is 7. The molecule has 1 amide bonds. The SMILES string of the molecule is Cc1ccc(OCc2nc(SCC(=O)Nc3ccc(Cl)cc3C)n[nH]2)cc1. The van der Waals surface area contributed by atoms with Gasteiger partial charge in [0.2, 0.25) is 11.1 Å². The van der Waals surface area contributed by atoms with Crippen molar-refractivity contribution in [3.8, 4) is 5.75 Å². The molecule has 1 heterocycles. The fourth-order valence-corrected chi connectivity index (χ4v) is 3.12. The van der Waals surface area contributed by atoms with E-state index in [2.05, 4.69) is 20.5 Å². The maximum absolute atomic E-state index is 12.1. The van der Waals surface area contributed by atoms with Crippen molar-refractivity contribution in [3.05, 3.63) is 64.4 Å². The predicted octanol–water partition coefficient (Wildman–Crippen LogP) is 4.38. The number of thioether (sulfide) groups is 1. The van der Waals surface area contributed by atoms with Crippen molar-refractivity contribution in [2.24, 2.45) is 0 Å². The van der Waals surface area contributed by atoms with Gasteiger partial charge in [-0.2, -0.15) is 0 Å². The molecule has 0 saturated heterocycles. The predicted molar refractivity (Wildman–Crippen MR) is 107 cm³/mol. The fourth-order valence-electron chi connectivity index (χ4n) is 2.28. The number of aromatic nitrogens is 3. The van der Waals surface area contributed by atoms with Crippen molar-refractivity contribution >= 4 is 35.0 Å². The Morgan fingerprint density at radius 3 is 2.74 bits per heavy atom. The second-order valence-electron chi connectivity index (χ2n) is 5.96. The highest BCUT2D eigenvalue weighted by Crippen LogP contribution is 2.20. The molecule has 3 rings (SSSR count). The number of nitrogens with zero attached hydrogens (tertiary/aromatic N) is 2. The number of carbonyl (C=O) groups excluding carboxylic acids is 1. The van der Waals surface area contributed by atoms with Crippen molar-refractivity contribution in [2.75, 3.05) is 11.1 Å². The van der Waals surface area contributed by atoms with Crippen LogP contribution in [0.15, 0.2) is 47.6 Å². The number of benzene rings is 2. The van der Waals surface area contributed by atoms with Crippen molar-refractivity contribution in [2.45, 2.75) is 25.6 Å². The number of aromatic amines is 1. The second-order valence-corrected chi connectivity index (χ2v) is 7.34. The topological polar surface area (TPSA) is 79.9 Å². The molecule has 0 fully saturated rings. The Morgan fingerprint density at radius 2 is 2.00 bits per heavy atom. The van der Waals surface area contributed by atoms with E-state index < -0.39 is 0 Å². The largest absolute Gasteiger partial charge is 0.486 e. The summed E-state index contributed by atoms with van der Waals surface area (Å²) in [5.41, 5.74) is 2.83. The summed E-state index contributed by atoms with van der Waals surface area (Å²) in [6.45, 7) is 4.20. The summed E-state index contributed by atoms with van der Waals surface area (Å²) in [7, 11) is 0. The number of hydrogen-bond acceptors (Lipinski definition) is 5. The molecule has 0 spiro atoms. The van der Waals surface area contributed by atoms with Crippen LogP contribution in [0.2, 0.25) is 5.02 Å². The molecular formula is C19H19ClN4O2S. The number of nitrogens with one attached hydrogen (secondary N) is 2. The monoisotopic (exact) mass is 402 g/mol. The minimum atomic E-state index is -0.132. The Bertz CT molecular complexity index is 928. The summed E-state index contributed by atoms with van der Waals surface area (Å²) < 4.78 is 5.65. The summed E-state index contributed by atoms with van der Waals surface area (Å²) in [5.74, 6) is 1.45. The standard InChI is InChI=1S/C19H19ClN4O2S/c1-12-3-6-15(7-4-12)26-10-17-22-19(24-23-17)27-11-18(25)21-16-8-5-14(20)9-13(16)2/h3-9H,10-11H2,1-2H3,(H,21,25)(H,22,23,24). The first-order chi connectivity index (χ1) is 13.0. The molecule has 6 nitrogen and oxygen atoms in total. The molecule has 2 aromatic carbocycles. The number of H-pyrrole nitrogens is 1. The van der Waals surface area contributed by atoms with Gasteiger partial charge in [-0.1, -0.05) is 41.1 Å². The van der Waals surface area contributed by atoms with Gasteiger partial charge in [-0.25, -0.2) is 4.98 Å². The highest BCUT2D eigenvalue weighted by atomic mass is 35.5. The van der Waals surface area contributed by atoms with Gasteiger partial charge in [-0.15, -0.1) is 5.10 Å². The average Bonchev–Trinajstić information content (AvgIpc) is 3.10. The summed E-state index contributed by atoms with van der Waals surface area (Å²) in [6, 6.07) is 13.1. The van der Waals surface area contributed by atoms with E-state index in [0.29, 0.717) is 16.0 Å². The van der Waals surface area contributed by atoms with Gasteiger partial charge in [0.15, 0.2) is 5.82 Å². The Hall–Kier alpha value is -2.51. The van der Waals surface area contributed by atoms with E-state index in [-0.39, 0.29) is 18.3 Å². The lowest BCUT2D eigenvalue weighted by Gasteiger charge is -2.07. The van der Waals surface area contributed by atoms with Crippen LogP contribution in [0.5, 0.6) is 5.75 Å². The van der Waals surface area contributed by atoms with Crippen molar-refractivity contribution in [1.29, 1.82) is 0 Å². The van der Waals surface area contributed by atoms with Gasteiger partial charge in [0, 0.05) is 10.7 Å². The Balaban J connectivity index is 1.47. The number of aryl methyl sites for hydroxylation is 2. The van der Waals surface area contributed by atoms with Gasteiger partial charge in [-0.05, 0) is 49.7 Å². The van der Waals surface area contributed by atoms with E-state index >= 15 is 0 Å². The molecule has 27 heavy (non-hydrogen) atoms. The van der Waals surface area contributed by atoms with E-state index in [1.54, 1.807) is 18.2 Å². The maximum atomic E-state index is 12.1. The van der Waals surface area contributed by atoms with Gasteiger partial charge in [-0.3, -0.25) is 9.89 Å². The average molecular weight is 403 g/mol. The highest BCUT2D eigenvalue weighted by molar-refractivity contribution is 7.99. The van der Waals surface area contributed by atoms with Gasteiger partial charge in [0.05, 0.1) is 5.75 Å². The second kappa shape index (κ2) is 8.92. The molecule has 0 bridgehead atoms. The molecule has 0 saturated carbocycles. The van der Waals surface area contributed by atoms with E-state index in [1.165, 1.54) is 17.3 Å². The first-order valence-corrected chi connectivity index (χ1v) is 9.65.